The Morgan fingerprint density at radius 1 is 1.10 bits per heavy atom. The average molecular weight is 288 g/mol. The summed E-state index contributed by atoms with van der Waals surface area (Å²) in [6.45, 7) is 4.47. The van der Waals surface area contributed by atoms with Crippen LogP contribution in [0.1, 0.15) is 57.9 Å². The van der Waals surface area contributed by atoms with Gasteiger partial charge in [-0.2, -0.15) is 0 Å². The van der Waals surface area contributed by atoms with Crippen molar-refractivity contribution in [2.24, 2.45) is 0 Å². The highest BCUT2D eigenvalue weighted by atomic mass is 16.5. The van der Waals surface area contributed by atoms with Crippen LogP contribution in [0.2, 0.25) is 0 Å². The van der Waals surface area contributed by atoms with Crippen LogP contribution in [0, 0.1) is 0 Å². The molecule has 0 aliphatic carbocycles. The summed E-state index contributed by atoms with van der Waals surface area (Å²) in [6.07, 6.45) is 9.65. The first-order valence-electron chi connectivity index (χ1n) is 8.12. The van der Waals surface area contributed by atoms with Crippen molar-refractivity contribution in [3.8, 4) is 0 Å². The molecular formula is C19H28O2. The Kier molecular flexibility index (Phi) is 9.26. The zero-order valence-electron chi connectivity index (χ0n) is 13.4. The minimum Gasteiger partial charge on any atom is -0.462 e. The SMILES string of the molecule is CCCCOC(=O)/C(C)=C/CCCCCc1ccccc1. The van der Waals surface area contributed by atoms with Crippen LogP contribution in [0.5, 0.6) is 0 Å². The third-order valence-corrected chi connectivity index (χ3v) is 3.52. The number of benzene rings is 1. The summed E-state index contributed by atoms with van der Waals surface area (Å²) >= 11 is 0. The maximum Gasteiger partial charge on any atom is 0.333 e. The molecule has 0 fully saturated rings. The van der Waals surface area contributed by atoms with E-state index in [4.69, 9.17) is 4.74 Å². The molecule has 0 atom stereocenters. The quantitative estimate of drug-likeness (QED) is 0.341. The van der Waals surface area contributed by atoms with Crippen LogP contribution in [0.15, 0.2) is 42.0 Å². The molecule has 0 aliphatic heterocycles. The predicted octanol–water partition coefficient (Wildman–Crippen LogP) is 5.08. The molecule has 0 aromatic heterocycles. The molecule has 0 radical (unpaired) electrons. The highest BCUT2D eigenvalue weighted by Crippen LogP contribution is 2.09. The van der Waals surface area contributed by atoms with Gasteiger partial charge in [0.2, 0.25) is 0 Å². The highest BCUT2D eigenvalue weighted by Gasteiger charge is 2.04. The van der Waals surface area contributed by atoms with Crippen molar-refractivity contribution >= 4 is 5.97 Å². The van der Waals surface area contributed by atoms with Gasteiger partial charge in [-0.15, -0.1) is 0 Å². The second-order valence-electron chi connectivity index (χ2n) is 5.46. The van der Waals surface area contributed by atoms with Gasteiger partial charge in [0.15, 0.2) is 0 Å². The summed E-state index contributed by atoms with van der Waals surface area (Å²) in [5, 5.41) is 0. The van der Waals surface area contributed by atoms with Crippen LogP contribution in [-0.2, 0) is 16.0 Å². The Bertz CT molecular complexity index is 420. The Balaban J connectivity index is 2.09. The fourth-order valence-electron chi connectivity index (χ4n) is 2.12. The maximum atomic E-state index is 11.6. The second kappa shape index (κ2) is 11.1. The lowest BCUT2D eigenvalue weighted by Gasteiger charge is -2.04. The second-order valence-corrected chi connectivity index (χ2v) is 5.46. The van der Waals surface area contributed by atoms with Gasteiger partial charge in [0.25, 0.3) is 0 Å². The van der Waals surface area contributed by atoms with E-state index in [1.54, 1.807) is 0 Å². The average Bonchev–Trinajstić information content (AvgIpc) is 2.51. The monoisotopic (exact) mass is 288 g/mol. The normalized spacial score (nSPS) is 11.4. The molecule has 0 saturated carbocycles. The molecule has 116 valence electrons. The Morgan fingerprint density at radius 3 is 2.57 bits per heavy atom. The van der Waals surface area contributed by atoms with E-state index in [1.165, 1.54) is 18.4 Å². The number of aryl methyl sites for hydroxylation is 1. The van der Waals surface area contributed by atoms with E-state index in [-0.39, 0.29) is 5.97 Å². The third kappa shape index (κ3) is 8.34. The molecule has 0 bridgehead atoms. The lowest BCUT2D eigenvalue weighted by molar-refractivity contribution is -0.139. The standard InChI is InChI=1S/C19H28O2/c1-3-4-16-21-19(20)17(2)12-8-5-6-9-13-18-14-10-7-11-15-18/h7,10-12,14-15H,3-6,8-9,13,16H2,1-2H3/b17-12+. The molecule has 0 saturated heterocycles. The van der Waals surface area contributed by atoms with Gasteiger partial charge >= 0.3 is 5.97 Å². The van der Waals surface area contributed by atoms with Crippen LogP contribution in [0.4, 0.5) is 0 Å². The number of ether oxygens (including phenoxy) is 1. The molecule has 1 aromatic carbocycles. The molecule has 0 spiro atoms. The van der Waals surface area contributed by atoms with Crippen LogP contribution < -0.4 is 0 Å². The number of esters is 1. The minimum absolute atomic E-state index is 0.160. The number of hydrogen-bond donors (Lipinski definition) is 0. The van der Waals surface area contributed by atoms with E-state index in [9.17, 15) is 4.79 Å². The van der Waals surface area contributed by atoms with Crippen LogP contribution in [0.3, 0.4) is 0 Å². The summed E-state index contributed by atoms with van der Waals surface area (Å²) in [6, 6.07) is 10.6. The fraction of sp³-hybridized carbons (Fsp3) is 0.526. The maximum absolute atomic E-state index is 11.6. The number of unbranched alkanes of at least 4 members (excludes halogenated alkanes) is 4. The van der Waals surface area contributed by atoms with Gasteiger partial charge in [-0.05, 0) is 44.6 Å². The van der Waals surface area contributed by atoms with E-state index in [2.05, 4.69) is 37.3 Å². The first-order chi connectivity index (χ1) is 10.2. The van der Waals surface area contributed by atoms with Crippen molar-refractivity contribution in [1.82, 2.24) is 0 Å². The first-order valence-corrected chi connectivity index (χ1v) is 8.12. The van der Waals surface area contributed by atoms with E-state index in [0.717, 1.165) is 37.7 Å². The lowest BCUT2D eigenvalue weighted by Crippen LogP contribution is -2.06. The first kappa shape index (κ1) is 17.5. The van der Waals surface area contributed by atoms with Gasteiger partial charge in [-0.3, -0.25) is 0 Å². The van der Waals surface area contributed by atoms with E-state index >= 15 is 0 Å². The number of carbonyl (C=O) groups is 1. The summed E-state index contributed by atoms with van der Waals surface area (Å²) in [5.41, 5.74) is 2.15. The molecule has 0 heterocycles. The Hall–Kier alpha value is -1.57. The minimum atomic E-state index is -0.160. The van der Waals surface area contributed by atoms with Gasteiger partial charge in [-0.1, -0.05) is 56.2 Å². The zero-order valence-corrected chi connectivity index (χ0v) is 13.4. The molecule has 1 rings (SSSR count). The molecule has 0 aliphatic rings. The summed E-state index contributed by atoms with van der Waals surface area (Å²) in [7, 11) is 0. The topological polar surface area (TPSA) is 26.3 Å². The van der Waals surface area contributed by atoms with Gasteiger partial charge in [0, 0.05) is 5.57 Å². The largest absolute Gasteiger partial charge is 0.462 e. The van der Waals surface area contributed by atoms with Gasteiger partial charge in [0.05, 0.1) is 6.61 Å². The van der Waals surface area contributed by atoms with Gasteiger partial charge < -0.3 is 4.74 Å². The summed E-state index contributed by atoms with van der Waals surface area (Å²) in [4.78, 5) is 11.6. The molecule has 0 N–H and O–H groups in total. The lowest BCUT2D eigenvalue weighted by atomic mass is 10.1. The number of carbonyl (C=O) groups excluding carboxylic acids is 1. The van der Waals surface area contributed by atoms with E-state index in [0.29, 0.717) is 6.61 Å². The van der Waals surface area contributed by atoms with Gasteiger partial charge in [-0.25, -0.2) is 4.79 Å². The number of rotatable bonds is 10. The molecule has 0 unspecified atom stereocenters. The number of allylic oxidation sites excluding steroid dienone is 1. The molecule has 0 amide bonds. The predicted molar refractivity (Wildman–Crippen MR) is 88.2 cm³/mol. The molecular weight excluding hydrogens is 260 g/mol. The van der Waals surface area contributed by atoms with Crippen molar-refractivity contribution in [3.63, 3.8) is 0 Å². The highest BCUT2D eigenvalue weighted by molar-refractivity contribution is 5.87. The third-order valence-electron chi connectivity index (χ3n) is 3.52. The van der Waals surface area contributed by atoms with Crippen LogP contribution in [-0.4, -0.2) is 12.6 Å². The van der Waals surface area contributed by atoms with Crippen molar-refractivity contribution in [2.45, 2.75) is 58.8 Å². The molecule has 2 heteroatoms. The van der Waals surface area contributed by atoms with E-state index in [1.807, 2.05) is 13.0 Å². The molecule has 1 aromatic rings. The van der Waals surface area contributed by atoms with Crippen molar-refractivity contribution in [2.75, 3.05) is 6.61 Å². The van der Waals surface area contributed by atoms with Crippen molar-refractivity contribution < 1.29 is 9.53 Å². The molecule has 21 heavy (non-hydrogen) atoms. The summed E-state index contributed by atoms with van der Waals surface area (Å²) < 4.78 is 5.17. The van der Waals surface area contributed by atoms with E-state index < -0.39 is 0 Å². The van der Waals surface area contributed by atoms with Crippen molar-refractivity contribution in [1.29, 1.82) is 0 Å². The fourth-order valence-corrected chi connectivity index (χ4v) is 2.12. The number of hydrogen-bond acceptors (Lipinski definition) is 2. The summed E-state index contributed by atoms with van der Waals surface area (Å²) in [5.74, 6) is -0.160. The smallest absolute Gasteiger partial charge is 0.333 e. The zero-order chi connectivity index (χ0) is 15.3. The Morgan fingerprint density at radius 2 is 1.86 bits per heavy atom. The Labute approximate surface area is 129 Å². The van der Waals surface area contributed by atoms with Crippen LogP contribution in [0.25, 0.3) is 0 Å². The van der Waals surface area contributed by atoms with Gasteiger partial charge in [0.1, 0.15) is 0 Å². The van der Waals surface area contributed by atoms with Crippen LogP contribution >= 0.6 is 0 Å². The van der Waals surface area contributed by atoms with Crippen molar-refractivity contribution in [3.05, 3.63) is 47.5 Å². The molecule has 2 nitrogen and oxygen atoms in total.